The smallest absolute Gasteiger partial charge is 0.414 e. The molecule has 0 bridgehead atoms. The fraction of sp³-hybridized carbons (Fsp3) is 0.333. The first-order valence-corrected chi connectivity index (χ1v) is 5.57. The van der Waals surface area contributed by atoms with Gasteiger partial charge < -0.3 is 15.2 Å². The van der Waals surface area contributed by atoms with Crippen molar-refractivity contribution in [1.29, 1.82) is 0 Å². The first-order valence-electron chi connectivity index (χ1n) is 5.57. The number of nitrogens with one attached hydrogen (secondary N) is 1. The zero-order valence-electron chi connectivity index (χ0n) is 9.92. The van der Waals surface area contributed by atoms with E-state index in [1.165, 1.54) is 11.8 Å². The van der Waals surface area contributed by atoms with Crippen molar-refractivity contribution < 1.29 is 19.4 Å². The van der Waals surface area contributed by atoms with Crippen molar-refractivity contribution in [3.8, 4) is 0 Å². The summed E-state index contributed by atoms with van der Waals surface area (Å²) in [6.45, 7) is 1.57. The van der Waals surface area contributed by atoms with Crippen LogP contribution in [0.4, 0.5) is 16.2 Å². The number of amides is 2. The maximum absolute atomic E-state index is 11.5. The zero-order chi connectivity index (χ0) is 13.1. The average molecular weight is 250 g/mol. The van der Waals surface area contributed by atoms with E-state index in [1.54, 1.807) is 24.3 Å². The lowest BCUT2D eigenvalue weighted by Crippen LogP contribution is -2.25. The number of aliphatic hydroxyl groups excluding tert-OH is 1. The second-order valence-electron chi connectivity index (χ2n) is 4.03. The Morgan fingerprint density at radius 3 is 2.67 bits per heavy atom. The number of ether oxygens (including phenoxy) is 1. The molecule has 1 saturated heterocycles. The van der Waals surface area contributed by atoms with Crippen LogP contribution in [0.5, 0.6) is 0 Å². The molecule has 18 heavy (non-hydrogen) atoms. The number of carbonyl (C=O) groups excluding carboxylic acids is 2. The van der Waals surface area contributed by atoms with Crippen LogP contribution in [-0.2, 0) is 9.53 Å². The summed E-state index contributed by atoms with van der Waals surface area (Å²) < 4.78 is 4.94. The van der Waals surface area contributed by atoms with Crippen LogP contribution in [0.25, 0.3) is 0 Å². The molecule has 1 atom stereocenters. The Bertz CT molecular complexity index is 458. The quantitative estimate of drug-likeness (QED) is 0.837. The number of carbonyl (C=O) groups is 2. The summed E-state index contributed by atoms with van der Waals surface area (Å²) in [5.74, 6) is -0.149. The van der Waals surface area contributed by atoms with Crippen LogP contribution in [0.15, 0.2) is 24.3 Å². The van der Waals surface area contributed by atoms with Crippen molar-refractivity contribution in [3.63, 3.8) is 0 Å². The molecule has 2 rings (SSSR count). The van der Waals surface area contributed by atoms with E-state index < -0.39 is 12.2 Å². The average Bonchev–Trinajstić information content (AvgIpc) is 2.71. The number of anilines is 2. The topological polar surface area (TPSA) is 78.9 Å². The molecular weight excluding hydrogens is 236 g/mol. The predicted octanol–water partition coefficient (Wildman–Crippen LogP) is 0.962. The maximum atomic E-state index is 11.5. The molecule has 1 aromatic carbocycles. The largest absolute Gasteiger partial charge is 0.441 e. The van der Waals surface area contributed by atoms with Gasteiger partial charge in [-0.25, -0.2) is 4.79 Å². The number of hydrogen-bond acceptors (Lipinski definition) is 4. The van der Waals surface area contributed by atoms with Crippen LogP contribution in [0.3, 0.4) is 0 Å². The highest BCUT2D eigenvalue weighted by molar-refractivity contribution is 5.91. The van der Waals surface area contributed by atoms with Gasteiger partial charge in [-0.2, -0.15) is 0 Å². The standard InChI is InChI=1S/C12H14N2O4/c1-8(16)13-9-2-4-10(5-3-9)14-6-11(7-15)18-12(14)17/h2-5,11,15H,6-7H2,1H3,(H,13,16). The SMILES string of the molecule is CC(=O)Nc1ccc(N2CC(CO)OC2=O)cc1. The van der Waals surface area contributed by atoms with E-state index in [4.69, 9.17) is 9.84 Å². The Labute approximate surface area is 104 Å². The van der Waals surface area contributed by atoms with Gasteiger partial charge in [-0.1, -0.05) is 0 Å². The Kier molecular flexibility index (Phi) is 3.47. The van der Waals surface area contributed by atoms with E-state index in [-0.39, 0.29) is 12.5 Å². The Balaban J connectivity index is 2.10. The zero-order valence-corrected chi connectivity index (χ0v) is 9.92. The fourth-order valence-corrected chi connectivity index (χ4v) is 1.76. The third-order valence-electron chi connectivity index (χ3n) is 2.58. The van der Waals surface area contributed by atoms with Gasteiger partial charge in [-0.3, -0.25) is 9.69 Å². The van der Waals surface area contributed by atoms with E-state index in [9.17, 15) is 9.59 Å². The molecule has 1 fully saturated rings. The summed E-state index contributed by atoms with van der Waals surface area (Å²) in [6.07, 6.45) is -0.950. The minimum absolute atomic E-state index is 0.149. The minimum atomic E-state index is -0.479. The predicted molar refractivity (Wildman–Crippen MR) is 65.4 cm³/mol. The van der Waals surface area contributed by atoms with Crippen LogP contribution >= 0.6 is 0 Å². The molecule has 0 saturated carbocycles. The molecule has 1 unspecified atom stereocenters. The molecule has 1 heterocycles. The molecule has 6 nitrogen and oxygen atoms in total. The first kappa shape index (κ1) is 12.4. The lowest BCUT2D eigenvalue weighted by atomic mass is 10.2. The van der Waals surface area contributed by atoms with Gasteiger partial charge >= 0.3 is 6.09 Å². The molecule has 1 aliphatic rings. The van der Waals surface area contributed by atoms with Gasteiger partial charge in [0.1, 0.15) is 6.10 Å². The molecule has 0 radical (unpaired) electrons. The van der Waals surface area contributed by atoms with Crippen molar-refractivity contribution in [2.75, 3.05) is 23.4 Å². The number of rotatable bonds is 3. The summed E-state index contributed by atoms with van der Waals surface area (Å²) in [7, 11) is 0. The number of cyclic esters (lactones) is 1. The highest BCUT2D eigenvalue weighted by atomic mass is 16.6. The van der Waals surface area contributed by atoms with E-state index in [2.05, 4.69) is 5.32 Å². The lowest BCUT2D eigenvalue weighted by molar-refractivity contribution is -0.114. The molecule has 1 aromatic rings. The third kappa shape index (κ3) is 2.60. The van der Waals surface area contributed by atoms with Gasteiger partial charge in [0.05, 0.1) is 13.2 Å². The Morgan fingerprint density at radius 1 is 1.50 bits per heavy atom. The van der Waals surface area contributed by atoms with Gasteiger partial charge in [0.25, 0.3) is 0 Å². The number of benzene rings is 1. The molecular formula is C12H14N2O4. The summed E-state index contributed by atoms with van der Waals surface area (Å²) in [5.41, 5.74) is 1.34. The number of hydrogen-bond donors (Lipinski definition) is 2. The maximum Gasteiger partial charge on any atom is 0.414 e. The molecule has 0 aromatic heterocycles. The number of nitrogens with zero attached hydrogens (tertiary/aromatic N) is 1. The minimum Gasteiger partial charge on any atom is -0.441 e. The van der Waals surface area contributed by atoms with Gasteiger partial charge in [0, 0.05) is 18.3 Å². The van der Waals surface area contributed by atoms with Gasteiger partial charge in [-0.05, 0) is 24.3 Å². The van der Waals surface area contributed by atoms with Crippen LogP contribution in [0, 0.1) is 0 Å². The number of aliphatic hydroxyl groups is 1. The van der Waals surface area contributed by atoms with Crippen molar-refractivity contribution in [3.05, 3.63) is 24.3 Å². The third-order valence-corrected chi connectivity index (χ3v) is 2.58. The molecule has 0 spiro atoms. The first-order chi connectivity index (χ1) is 8.60. The van der Waals surface area contributed by atoms with E-state index in [0.29, 0.717) is 17.9 Å². The summed E-state index contributed by atoms with van der Waals surface area (Å²) in [6, 6.07) is 6.84. The van der Waals surface area contributed by atoms with Crippen molar-refractivity contribution >= 4 is 23.4 Å². The second kappa shape index (κ2) is 5.05. The van der Waals surface area contributed by atoms with Gasteiger partial charge in [0.15, 0.2) is 0 Å². The molecule has 2 amide bonds. The van der Waals surface area contributed by atoms with Gasteiger partial charge in [-0.15, -0.1) is 0 Å². The summed E-state index contributed by atoms with van der Waals surface area (Å²) in [4.78, 5) is 23.8. The molecule has 0 aliphatic carbocycles. The van der Waals surface area contributed by atoms with Crippen LogP contribution < -0.4 is 10.2 Å². The fourth-order valence-electron chi connectivity index (χ4n) is 1.76. The summed E-state index contributed by atoms with van der Waals surface area (Å²) in [5, 5.41) is 11.6. The Morgan fingerprint density at radius 2 is 2.17 bits per heavy atom. The molecule has 1 aliphatic heterocycles. The highest BCUT2D eigenvalue weighted by Crippen LogP contribution is 2.23. The van der Waals surface area contributed by atoms with Crippen LogP contribution in [-0.4, -0.2) is 36.4 Å². The molecule has 2 N–H and O–H groups in total. The molecule has 6 heteroatoms. The summed E-state index contributed by atoms with van der Waals surface area (Å²) >= 11 is 0. The van der Waals surface area contributed by atoms with Crippen LogP contribution in [0.1, 0.15) is 6.92 Å². The second-order valence-corrected chi connectivity index (χ2v) is 4.03. The van der Waals surface area contributed by atoms with E-state index >= 15 is 0 Å². The van der Waals surface area contributed by atoms with E-state index in [1.807, 2.05) is 0 Å². The highest BCUT2D eigenvalue weighted by Gasteiger charge is 2.31. The van der Waals surface area contributed by atoms with Crippen molar-refractivity contribution in [2.24, 2.45) is 0 Å². The normalized spacial score (nSPS) is 18.7. The van der Waals surface area contributed by atoms with Gasteiger partial charge in [0.2, 0.25) is 5.91 Å². The van der Waals surface area contributed by atoms with E-state index in [0.717, 1.165) is 0 Å². The Hall–Kier alpha value is -2.08. The molecule has 96 valence electrons. The lowest BCUT2D eigenvalue weighted by Gasteiger charge is -2.13. The van der Waals surface area contributed by atoms with Crippen LogP contribution in [0.2, 0.25) is 0 Å². The van der Waals surface area contributed by atoms with Crippen molar-refractivity contribution in [2.45, 2.75) is 13.0 Å². The van der Waals surface area contributed by atoms with Crippen molar-refractivity contribution in [1.82, 2.24) is 0 Å². The monoisotopic (exact) mass is 250 g/mol.